The van der Waals surface area contributed by atoms with Gasteiger partial charge in [0.15, 0.2) is 33.3 Å². The lowest BCUT2D eigenvalue weighted by Gasteiger charge is -2.36. The van der Waals surface area contributed by atoms with E-state index in [2.05, 4.69) is 189 Å². The molecule has 0 aliphatic carbocycles. The standard InChI is InChI=1S/C43H92N4O5Si3.C12H24N4O2.C9H21BrOSi/c1-17-18-28-46(31-23-34-50-53(11,12)41(2,3)4)29-21-19-26-37-39(48)45-38(40(49)44-37)27-20-22-30-47(32-24-35-51-54(13,14)42(5,6)7)33-25-36-52-55(15,16)43(8,9)10;13-7-3-1-5-9-11(17)16-10(12(18)15-9)6-2-4-8-14;1-9(2,3)12(4,5)11-8-6-7-10/h37-38H,17-36H2,1-16H3,(H,44,49)(H,45,48);9-10H,1-8,13-14H2,(H,15,18)(H,16,17);6-8H2,1-5H3. The molecule has 21 heteroatoms. The zero-order valence-electron chi connectivity index (χ0n) is 58.9. The van der Waals surface area contributed by atoms with Crippen LogP contribution < -0.4 is 32.7 Å². The monoisotopic (exact) mass is 1340 g/mol. The third-order valence-corrected chi connectivity index (χ3v) is 37.6. The van der Waals surface area contributed by atoms with E-state index in [9.17, 15) is 19.2 Å². The SMILES string of the molecule is CC(C)(C)[Si](C)(C)OCCCBr.CCCCN(CCCCC1NC(=O)C(CCCCN(CCCO[Si](C)(C)C(C)(C)C)CCCO[Si](C)(C)C(C)(C)C)NC1=O)CCCO[Si](C)(C)C(C)(C)C.NCCCCC1NC(=O)C(CCCCN)NC1=O. The highest BCUT2D eigenvalue weighted by atomic mass is 79.9. The Bertz CT molecular complexity index is 1780. The minimum atomic E-state index is -1.76. The fourth-order valence-corrected chi connectivity index (χ4v) is 13.2. The zero-order valence-corrected chi connectivity index (χ0v) is 64.5. The summed E-state index contributed by atoms with van der Waals surface area (Å²) in [6.45, 7) is 58.9. The average molecular weight is 1340 g/mol. The van der Waals surface area contributed by atoms with E-state index in [1.807, 2.05) is 0 Å². The van der Waals surface area contributed by atoms with E-state index in [1.54, 1.807) is 0 Å². The Morgan fingerprint density at radius 2 is 0.600 bits per heavy atom. The molecule has 0 radical (unpaired) electrons. The first kappa shape index (κ1) is 83.9. The fraction of sp³-hybridized carbons (Fsp3) is 0.938. The molecule has 0 aromatic rings. The molecule has 16 nitrogen and oxygen atoms in total. The van der Waals surface area contributed by atoms with E-state index in [0.29, 0.717) is 43.8 Å². The molecule has 4 atom stereocenters. The van der Waals surface area contributed by atoms with E-state index in [0.717, 1.165) is 148 Å². The summed E-state index contributed by atoms with van der Waals surface area (Å²) in [6, 6.07) is -1.65. The van der Waals surface area contributed by atoms with Crippen LogP contribution in [-0.2, 0) is 36.9 Å². The van der Waals surface area contributed by atoms with Gasteiger partial charge in [-0.05, 0) is 214 Å². The largest absolute Gasteiger partial charge is 0.417 e. The van der Waals surface area contributed by atoms with Crippen molar-refractivity contribution in [2.45, 2.75) is 302 Å². The Hall–Kier alpha value is -1.09. The highest BCUT2D eigenvalue weighted by Gasteiger charge is 2.40. The Kier molecular flexibility index (Phi) is 40.9. The number of alkyl halides is 1. The van der Waals surface area contributed by atoms with Crippen LogP contribution in [0.25, 0.3) is 0 Å². The second-order valence-corrected chi connectivity index (χ2v) is 50.4. The number of piperazine rings is 2. The molecule has 2 aliphatic rings. The van der Waals surface area contributed by atoms with Crippen LogP contribution in [-0.4, -0.2) is 175 Å². The van der Waals surface area contributed by atoms with Crippen molar-refractivity contribution in [3.05, 3.63) is 0 Å². The van der Waals surface area contributed by atoms with Crippen LogP contribution >= 0.6 is 15.9 Å². The van der Waals surface area contributed by atoms with E-state index < -0.39 is 57.4 Å². The number of nitrogens with zero attached hydrogens (tertiary/aromatic N) is 2. The number of rotatable bonds is 40. The van der Waals surface area contributed by atoms with Gasteiger partial charge in [-0.15, -0.1) is 0 Å². The molecule has 4 amide bonds. The smallest absolute Gasteiger partial charge is 0.243 e. The van der Waals surface area contributed by atoms with Crippen LogP contribution in [0.5, 0.6) is 0 Å². The first-order valence-electron chi connectivity index (χ1n) is 33.4. The van der Waals surface area contributed by atoms with E-state index >= 15 is 0 Å². The maximum absolute atomic E-state index is 13.1. The highest BCUT2D eigenvalue weighted by molar-refractivity contribution is 9.09. The summed E-state index contributed by atoms with van der Waals surface area (Å²) in [5.74, 6) is -0.215. The van der Waals surface area contributed by atoms with Gasteiger partial charge in [0.05, 0.1) is 0 Å². The highest BCUT2D eigenvalue weighted by Crippen LogP contribution is 2.39. The van der Waals surface area contributed by atoms with Crippen LogP contribution in [0.2, 0.25) is 72.5 Å². The predicted molar refractivity (Wildman–Crippen MR) is 374 cm³/mol. The van der Waals surface area contributed by atoms with Crippen molar-refractivity contribution in [2.24, 2.45) is 11.5 Å². The number of halogens is 1. The molecule has 8 N–H and O–H groups in total. The number of hydrogen-bond acceptors (Lipinski definition) is 12. The first-order chi connectivity index (χ1) is 39.2. The van der Waals surface area contributed by atoms with Crippen molar-refractivity contribution in [3.63, 3.8) is 0 Å². The molecule has 0 spiro atoms. The van der Waals surface area contributed by atoms with E-state index in [4.69, 9.17) is 29.2 Å². The number of unbranched alkanes of at least 4 members (excludes halogenated alkanes) is 5. The molecule has 2 aliphatic heterocycles. The van der Waals surface area contributed by atoms with Crippen LogP contribution in [0.3, 0.4) is 0 Å². The van der Waals surface area contributed by atoms with E-state index in [-0.39, 0.29) is 38.7 Å². The molecule has 0 saturated carbocycles. The maximum atomic E-state index is 13.1. The Morgan fingerprint density at radius 3 is 0.824 bits per heavy atom. The van der Waals surface area contributed by atoms with Gasteiger partial charge in [0, 0.05) is 51.4 Å². The summed E-state index contributed by atoms with van der Waals surface area (Å²) in [5, 5.41) is 13.7. The number of nitrogens with two attached hydrogens (primary N) is 2. The molecular formula is C64H137BrN8O8Si4. The second kappa shape index (κ2) is 41.4. The normalized spacial score (nSPS) is 18.6. The van der Waals surface area contributed by atoms with Crippen molar-refractivity contribution >= 4 is 72.8 Å². The fourth-order valence-electron chi connectivity index (χ4n) is 8.66. The molecule has 504 valence electrons. The summed E-state index contributed by atoms with van der Waals surface area (Å²) >= 11 is 3.40. The minimum absolute atomic E-state index is 0.0275. The minimum Gasteiger partial charge on any atom is -0.417 e. The van der Waals surface area contributed by atoms with Crippen LogP contribution in [0.15, 0.2) is 0 Å². The lowest BCUT2D eigenvalue weighted by atomic mass is 10.0. The summed E-state index contributed by atoms with van der Waals surface area (Å²) in [6.07, 6.45) is 16.5. The Balaban J connectivity index is 0.00000189. The van der Waals surface area contributed by atoms with Gasteiger partial charge in [-0.2, -0.15) is 0 Å². The second-order valence-electron chi connectivity index (χ2n) is 30.4. The van der Waals surface area contributed by atoms with Crippen LogP contribution in [0.1, 0.15) is 206 Å². The predicted octanol–water partition coefficient (Wildman–Crippen LogP) is 13.0. The molecule has 2 saturated heterocycles. The van der Waals surface area contributed by atoms with Crippen LogP contribution in [0.4, 0.5) is 0 Å². The summed E-state index contributed by atoms with van der Waals surface area (Å²) < 4.78 is 25.3. The number of hydrogen-bond donors (Lipinski definition) is 6. The van der Waals surface area contributed by atoms with Gasteiger partial charge in [0.2, 0.25) is 23.6 Å². The van der Waals surface area contributed by atoms with Gasteiger partial charge >= 0.3 is 0 Å². The summed E-state index contributed by atoms with van der Waals surface area (Å²) in [5.41, 5.74) is 10.8. The Morgan fingerprint density at radius 1 is 0.376 bits per heavy atom. The topological polar surface area (TPSA) is 212 Å². The van der Waals surface area contributed by atoms with Gasteiger partial charge in [-0.1, -0.05) is 112 Å². The van der Waals surface area contributed by atoms with Crippen molar-refractivity contribution < 1.29 is 36.9 Å². The quantitative estimate of drug-likeness (QED) is 0.0192. The number of carbonyl (C=O) groups is 4. The number of amides is 4. The van der Waals surface area contributed by atoms with Gasteiger partial charge in [-0.25, -0.2) is 0 Å². The molecule has 2 rings (SSSR count). The van der Waals surface area contributed by atoms with Crippen molar-refractivity contribution in [3.8, 4) is 0 Å². The van der Waals surface area contributed by atoms with Crippen molar-refractivity contribution in [2.75, 3.05) is 84.1 Å². The zero-order chi connectivity index (χ0) is 65.4. The molecule has 85 heavy (non-hydrogen) atoms. The van der Waals surface area contributed by atoms with Crippen molar-refractivity contribution in [1.29, 1.82) is 0 Å². The lowest BCUT2D eigenvalue weighted by molar-refractivity contribution is -0.137. The maximum Gasteiger partial charge on any atom is 0.243 e. The van der Waals surface area contributed by atoms with Gasteiger partial charge in [0.1, 0.15) is 24.2 Å². The van der Waals surface area contributed by atoms with Gasteiger partial charge in [-0.3, -0.25) is 19.2 Å². The molecular weight excluding hydrogens is 1200 g/mol. The van der Waals surface area contributed by atoms with Gasteiger partial charge in [0.25, 0.3) is 0 Å². The van der Waals surface area contributed by atoms with Crippen molar-refractivity contribution in [1.82, 2.24) is 31.1 Å². The van der Waals surface area contributed by atoms with E-state index in [1.165, 1.54) is 12.8 Å². The van der Waals surface area contributed by atoms with Crippen LogP contribution in [0, 0.1) is 0 Å². The Labute approximate surface area is 535 Å². The molecule has 2 fully saturated rings. The first-order valence-corrected chi connectivity index (χ1v) is 46.2. The molecule has 0 aromatic heterocycles. The number of carbonyl (C=O) groups excluding carboxylic acids is 4. The number of nitrogens with one attached hydrogen (secondary N) is 4. The molecule has 0 aromatic carbocycles. The van der Waals surface area contributed by atoms with Gasteiger partial charge < -0.3 is 60.2 Å². The summed E-state index contributed by atoms with van der Waals surface area (Å²) in [7, 11) is -6.70. The molecule has 0 bridgehead atoms. The molecule has 2 heterocycles. The lowest BCUT2D eigenvalue weighted by Crippen LogP contribution is -2.61. The third kappa shape index (κ3) is 34.8. The summed E-state index contributed by atoms with van der Waals surface area (Å²) in [4.78, 5) is 54.9. The average Bonchev–Trinajstić information content (AvgIpc) is 3.50. The third-order valence-electron chi connectivity index (χ3n) is 18.9. The molecule has 4 unspecified atom stereocenters.